The van der Waals surface area contributed by atoms with E-state index < -0.39 is 0 Å². The normalized spacial score (nSPS) is 32.2. The maximum absolute atomic E-state index is 8.72. The maximum Gasteiger partial charge on any atom is 0.0445 e. The fourth-order valence-corrected chi connectivity index (χ4v) is 2.04. The summed E-state index contributed by atoms with van der Waals surface area (Å²) in [5, 5.41) is 12.3. The number of hydrogen-bond donors (Lipinski definition) is 2. The molecule has 1 rings (SSSR count). The Morgan fingerprint density at radius 2 is 2.25 bits per heavy atom. The third-order valence-electron chi connectivity index (χ3n) is 2.78. The molecule has 1 fully saturated rings. The molecule has 0 aliphatic heterocycles. The van der Waals surface area contributed by atoms with Crippen LogP contribution in [0.4, 0.5) is 0 Å². The first-order valence-electron chi connectivity index (χ1n) is 5.09. The molecule has 0 aromatic carbocycles. The monoisotopic (exact) mass is 171 g/mol. The molecule has 2 heteroatoms. The van der Waals surface area contributed by atoms with Crippen molar-refractivity contribution in [3.63, 3.8) is 0 Å². The lowest BCUT2D eigenvalue weighted by Gasteiger charge is -2.18. The minimum atomic E-state index is 0.302. The van der Waals surface area contributed by atoms with Gasteiger partial charge in [-0.25, -0.2) is 0 Å². The van der Waals surface area contributed by atoms with Gasteiger partial charge >= 0.3 is 0 Å². The van der Waals surface area contributed by atoms with Gasteiger partial charge in [-0.3, -0.25) is 0 Å². The zero-order valence-electron chi connectivity index (χ0n) is 8.21. The summed E-state index contributed by atoms with van der Waals surface area (Å²) in [6.07, 6.45) is 4.88. The van der Waals surface area contributed by atoms with Gasteiger partial charge in [-0.1, -0.05) is 6.92 Å². The average molecular weight is 171 g/mol. The Bertz CT molecular complexity index is 127. The average Bonchev–Trinajstić information content (AvgIpc) is 2.36. The van der Waals surface area contributed by atoms with E-state index in [1.807, 2.05) is 0 Å². The van der Waals surface area contributed by atoms with Crippen LogP contribution in [0.25, 0.3) is 0 Å². The summed E-state index contributed by atoms with van der Waals surface area (Å²) in [6.45, 7) is 4.77. The van der Waals surface area contributed by atoms with E-state index in [0.717, 1.165) is 12.3 Å². The number of nitrogens with one attached hydrogen (secondary N) is 1. The van der Waals surface area contributed by atoms with Crippen molar-refractivity contribution in [2.24, 2.45) is 5.92 Å². The summed E-state index contributed by atoms with van der Waals surface area (Å²) in [5.74, 6) is 0.892. The molecule has 0 radical (unpaired) electrons. The summed E-state index contributed by atoms with van der Waals surface area (Å²) in [4.78, 5) is 0. The van der Waals surface area contributed by atoms with Gasteiger partial charge in [-0.05, 0) is 38.5 Å². The van der Waals surface area contributed by atoms with Crippen molar-refractivity contribution in [1.29, 1.82) is 0 Å². The molecular weight excluding hydrogens is 150 g/mol. The van der Waals surface area contributed by atoms with Crippen molar-refractivity contribution in [2.75, 3.05) is 6.61 Å². The van der Waals surface area contributed by atoms with Crippen LogP contribution < -0.4 is 5.32 Å². The van der Waals surface area contributed by atoms with E-state index >= 15 is 0 Å². The van der Waals surface area contributed by atoms with Gasteiger partial charge in [-0.2, -0.15) is 0 Å². The predicted molar refractivity (Wildman–Crippen MR) is 51.1 cm³/mol. The van der Waals surface area contributed by atoms with Gasteiger partial charge in [0.15, 0.2) is 0 Å². The van der Waals surface area contributed by atoms with Gasteiger partial charge in [0, 0.05) is 18.7 Å². The van der Waals surface area contributed by atoms with Crippen LogP contribution in [-0.2, 0) is 0 Å². The summed E-state index contributed by atoms with van der Waals surface area (Å²) < 4.78 is 0. The molecule has 2 unspecified atom stereocenters. The number of aliphatic hydroxyl groups excluding tert-OH is 1. The molecule has 0 amide bonds. The fraction of sp³-hybridized carbons (Fsp3) is 1.00. The van der Waals surface area contributed by atoms with Crippen LogP contribution in [0.2, 0.25) is 0 Å². The SMILES string of the molecule is CC1CCC(N[C@H](C)CCO)C1. The summed E-state index contributed by atoms with van der Waals surface area (Å²) in [5.41, 5.74) is 0. The van der Waals surface area contributed by atoms with E-state index in [1.165, 1.54) is 19.3 Å². The molecule has 0 aromatic heterocycles. The molecule has 0 aromatic rings. The lowest BCUT2D eigenvalue weighted by atomic mass is 10.1. The van der Waals surface area contributed by atoms with Crippen molar-refractivity contribution < 1.29 is 5.11 Å². The minimum Gasteiger partial charge on any atom is -0.396 e. The zero-order valence-corrected chi connectivity index (χ0v) is 8.21. The van der Waals surface area contributed by atoms with Crippen molar-refractivity contribution >= 4 is 0 Å². The van der Waals surface area contributed by atoms with Crippen molar-refractivity contribution in [1.82, 2.24) is 5.32 Å². The lowest BCUT2D eigenvalue weighted by molar-refractivity contribution is 0.262. The Labute approximate surface area is 75.4 Å². The van der Waals surface area contributed by atoms with Crippen LogP contribution in [0.3, 0.4) is 0 Å². The van der Waals surface area contributed by atoms with Crippen LogP contribution in [0, 0.1) is 5.92 Å². The molecule has 2 N–H and O–H groups in total. The number of hydrogen-bond acceptors (Lipinski definition) is 2. The topological polar surface area (TPSA) is 32.3 Å². The van der Waals surface area contributed by atoms with E-state index in [4.69, 9.17) is 5.11 Å². The van der Waals surface area contributed by atoms with Crippen molar-refractivity contribution in [3.8, 4) is 0 Å². The number of rotatable bonds is 4. The van der Waals surface area contributed by atoms with E-state index in [2.05, 4.69) is 19.2 Å². The summed E-state index contributed by atoms with van der Waals surface area (Å²) in [6, 6.07) is 1.19. The van der Waals surface area contributed by atoms with Crippen LogP contribution in [-0.4, -0.2) is 23.8 Å². The minimum absolute atomic E-state index is 0.302. The summed E-state index contributed by atoms with van der Waals surface area (Å²) in [7, 11) is 0. The highest BCUT2D eigenvalue weighted by molar-refractivity contribution is 4.80. The molecule has 0 heterocycles. The van der Waals surface area contributed by atoms with E-state index in [0.29, 0.717) is 18.7 Å². The smallest absolute Gasteiger partial charge is 0.0445 e. The Kier molecular flexibility index (Phi) is 4.02. The van der Waals surface area contributed by atoms with E-state index in [1.54, 1.807) is 0 Å². The van der Waals surface area contributed by atoms with Crippen LogP contribution >= 0.6 is 0 Å². The molecular formula is C10H21NO. The fourth-order valence-electron chi connectivity index (χ4n) is 2.04. The quantitative estimate of drug-likeness (QED) is 0.672. The second kappa shape index (κ2) is 4.83. The Hall–Kier alpha value is -0.0800. The third kappa shape index (κ3) is 3.11. The molecule has 3 atom stereocenters. The first kappa shape index (κ1) is 10.0. The van der Waals surface area contributed by atoms with Crippen LogP contribution in [0.1, 0.15) is 39.5 Å². The Morgan fingerprint density at radius 1 is 1.50 bits per heavy atom. The van der Waals surface area contributed by atoms with Gasteiger partial charge < -0.3 is 10.4 Å². The summed E-state index contributed by atoms with van der Waals surface area (Å²) >= 11 is 0. The van der Waals surface area contributed by atoms with Crippen molar-refractivity contribution in [3.05, 3.63) is 0 Å². The van der Waals surface area contributed by atoms with Gasteiger partial charge in [0.05, 0.1) is 0 Å². The van der Waals surface area contributed by atoms with Gasteiger partial charge in [0.25, 0.3) is 0 Å². The highest BCUT2D eigenvalue weighted by atomic mass is 16.3. The van der Waals surface area contributed by atoms with Crippen LogP contribution in [0.5, 0.6) is 0 Å². The van der Waals surface area contributed by atoms with E-state index in [-0.39, 0.29) is 0 Å². The maximum atomic E-state index is 8.72. The van der Waals surface area contributed by atoms with Gasteiger partial charge in [0.2, 0.25) is 0 Å². The molecule has 2 nitrogen and oxygen atoms in total. The Morgan fingerprint density at radius 3 is 2.75 bits per heavy atom. The number of aliphatic hydroxyl groups is 1. The highest BCUT2D eigenvalue weighted by Gasteiger charge is 2.21. The molecule has 0 bridgehead atoms. The first-order chi connectivity index (χ1) is 5.72. The zero-order chi connectivity index (χ0) is 8.97. The third-order valence-corrected chi connectivity index (χ3v) is 2.78. The molecule has 72 valence electrons. The Balaban J connectivity index is 2.14. The van der Waals surface area contributed by atoms with Crippen LogP contribution in [0.15, 0.2) is 0 Å². The molecule has 1 saturated carbocycles. The van der Waals surface area contributed by atoms with E-state index in [9.17, 15) is 0 Å². The second-order valence-electron chi connectivity index (χ2n) is 4.20. The van der Waals surface area contributed by atoms with Crippen molar-refractivity contribution in [2.45, 2.75) is 51.6 Å². The van der Waals surface area contributed by atoms with Gasteiger partial charge in [-0.15, -0.1) is 0 Å². The largest absolute Gasteiger partial charge is 0.396 e. The first-order valence-corrected chi connectivity index (χ1v) is 5.09. The van der Waals surface area contributed by atoms with Gasteiger partial charge in [0.1, 0.15) is 0 Å². The highest BCUT2D eigenvalue weighted by Crippen LogP contribution is 2.24. The molecule has 0 spiro atoms. The predicted octanol–water partition coefficient (Wildman–Crippen LogP) is 1.54. The second-order valence-corrected chi connectivity index (χ2v) is 4.20. The molecule has 12 heavy (non-hydrogen) atoms. The standard InChI is InChI=1S/C10H21NO/c1-8-3-4-10(7-8)11-9(2)5-6-12/h8-12H,3-7H2,1-2H3/t8?,9-,10?/m1/s1. The lowest BCUT2D eigenvalue weighted by Crippen LogP contribution is -2.35. The molecule has 1 aliphatic rings. The molecule has 0 saturated heterocycles. The molecule has 1 aliphatic carbocycles.